The van der Waals surface area contributed by atoms with Crippen LogP contribution in [0.3, 0.4) is 0 Å². The number of non-ortho nitro benzene ring substituents is 1. The van der Waals surface area contributed by atoms with Crippen LogP contribution in [0.2, 0.25) is 0 Å². The molecule has 0 spiro atoms. The van der Waals surface area contributed by atoms with Gasteiger partial charge in [-0.1, -0.05) is 66.7 Å². The summed E-state index contributed by atoms with van der Waals surface area (Å²) in [6.07, 6.45) is 0. The molecule has 0 saturated heterocycles. The Kier molecular flexibility index (Phi) is 6.21. The number of hydrogen-bond donors (Lipinski definition) is 0. The van der Waals surface area contributed by atoms with Crippen LogP contribution in [-0.2, 0) is 17.2 Å². The Bertz CT molecular complexity index is 892. The molecular weight excluding hydrogens is 348 g/mol. The van der Waals surface area contributed by atoms with Crippen LogP contribution in [0.1, 0.15) is 0 Å². The maximum atomic E-state index is 14.1. The van der Waals surface area contributed by atoms with Crippen LogP contribution in [0.4, 0.5) is 5.69 Å². The molecule has 0 atom stereocenters. The molecule has 0 unspecified atom stereocenters. The van der Waals surface area contributed by atoms with E-state index < -0.39 is 12.1 Å². The molecule has 0 saturated carbocycles. The van der Waals surface area contributed by atoms with Crippen molar-refractivity contribution in [3.8, 4) is 0 Å². The van der Waals surface area contributed by atoms with Crippen molar-refractivity contribution in [3.63, 3.8) is 0 Å². The fraction of sp³-hybridized carbons (Fsp3) is 0. The largest absolute Gasteiger partial charge is 1.00 e. The number of nitro benzene ring substituents is 1. The van der Waals surface area contributed by atoms with Gasteiger partial charge in [-0.25, -0.2) is 0 Å². The Labute approximate surface area is 163 Å². The van der Waals surface area contributed by atoms with Gasteiger partial charge in [-0.3, -0.25) is 10.1 Å². The fourth-order valence-electron chi connectivity index (χ4n) is 2.57. The van der Waals surface area contributed by atoms with Gasteiger partial charge in [-0.2, -0.15) is 4.90 Å². The van der Waals surface area contributed by atoms with Crippen molar-refractivity contribution in [2.75, 3.05) is 0 Å². The smallest absolute Gasteiger partial charge is 0.779 e. The van der Waals surface area contributed by atoms with Crippen LogP contribution in [0, 0.1) is 10.1 Å². The first kappa shape index (κ1) is 19.4. The SMILES string of the molecule is O=[N+]([O-])c1ccc([S-])c(P(=O)(c2ccccc2)c2ccccc2)c1.[Li+]. The molecule has 3 aromatic rings. The van der Waals surface area contributed by atoms with E-state index in [1.54, 1.807) is 48.5 Å². The molecule has 0 aromatic heterocycles. The van der Waals surface area contributed by atoms with Crippen molar-refractivity contribution >= 4 is 41.4 Å². The van der Waals surface area contributed by atoms with Crippen LogP contribution in [0.5, 0.6) is 0 Å². The summed E-state index contributed by atoms with van der Waals surface area (Å²) < 4.78 is 14.1. The Morgan fingerprint density at radius 2 is 1.32 bits per heavy atom. The Hall–Kier alpha value is -1.89. The topological polar surface area (TPSA) is 60.2 Å². The first-order valence-corrected chi connectivity index (χ1v) is 9.32. The molecule has 0 aliphatic heterocycles. The quantitative estimate of drug-likeness (QED) is 0.218. The Balaban J connectivity index is 0.00000225. The molecular formula is C18H13LiNO3PS. The zero-order valence-corrected chi connectivity index (χ0v) is 15.2. The Morgan fingerprint density at radius 1 is 0.840 bits per heavy atom. The minimum Gasteiger partial charge on any atom is -0.779 e. The second kappa shape index (κ2) is 7.99. The maximum Gasteiger partial charge on any atom is 1.00 e. The zero-order chi connectivity index (χ0) is 17.2. The van der Waals surface area contributed by atoms with E-state index in [0.717, 1.165) is 0 Å². The van der Waals surface area contributed by atoms with E-state index >= 15 is 0 Å². The number of rotatable bonds is 4. The van der Waals surface area contributed by atoms with Crippen LogP contribution in [-0.4, -0.2) is 4.92 Å². The van der Waals surface area contributed by atoms with E-state index in [1.807, 2.05) is 12.1 Å². The molecule has 0 aliphatic carbocycles. The normalized spacial score (nSPS) is 10.7. The van der Waals surface area contributed by atoms with E-state index in [2.05, 4.69) is 0 Å². The first-order valence-electron chi connectivity index (χ1n) is 7.21. The molecule has 0 N–H and O–H groups in total. The van der Waals surface area contributed by atoms with Crippen LogP contribution in [0.15, 0.2) is 83.8 Å². The summed E-state index contributed by atoms with van der Waals surface area (Å²) in [7, 11) is -3.29. The maximum absolute atomic E-state index is 14.1. The summed E-state index contributed by atoms with van der Waals surface area (Å²) >= 11 is 5.35. The predicted molar refractivity (Wildman–Crippen MR) is 98.1 cm³/mol. The van der Waals surface area contributed by atoms with Gasteiger partial charge in [0.2, 0.25) is 0 Å². The van der Waals surface area contributed by atoms with Crippen molar-refractivity contribution in [3.05, 3.63) is 89.0 Å². The van der Waals surface area contributed by atoms with Crippen molar-refractivity contribution < 1.29 is 28.3 Å². The third-order valence-corrected chi connectivity index (χ3v) is 7.34. The molecule has 25 heavy (non-hydrogen) atoms. The summed E-state index contributed by atoms with van der Waals surface area (Å²) in [4.78, 5) is 11.0. The van der Waals surface area contributed by atoms with E-state index in [9.17, 15) is 14.7 Å². The van der Waals surface area contributed by atoms with Gasteiger partial charge >= 0.3 is 18.9 Å². The number of hydrogen-bond acceptors (Lipinski definition) is 4. The van der Waals surface area contributed by atoms with Crippen LogP contribution < -0.4 is 34.8 Å². The number of nitrogens with zero attached hydrogens (tertiary/aromatic N) is 1. The average molecular weight is 361 g/mol. The van der Waals surface area contributed by atoms with E-state index in [1.165, 1.54) is 18.2 Å². The molecule has 0 fully saturated rings. The molecule has 0 heterocycles. The van der Waals surface area contributed by atoms with E-state index in [4.69, 9.17) is 12.6 Å². The van der Waals surface area contributed by atoms with E-state index in [0.29, 0.717) is 20.8 Å². The van der Waals surface area contributed by atoms with Gasteiger partial charge < -0.3 is 17.2 Å². The van der Waals surface area contributed by atoms with Crippen LogP contribution >= 0.6 is 7.14 Å². The fourth-order valence-corrected chi connectivity index (χ4v) is 5.82. The summed E-state index contributed by atoms with van der Waals surface area (Å²) in [5, 5.41) is 12.7. The molecule has 0 aliphatic rings. The van der Waals surface area contributed by atoms with Gasteiger partial charge in [0.25, 0.3) is 5.69 Å². The van der Waals surface area contributed by atoms with Gasteiger partial charge in [-0.15, -0.1) is 0 Å². The van der Waals surface area contributed by atoms with Crippen molar-refractivity contribution in [1.82, 2.24) is 0 Å². The van der Waals surface area contributed by atoms with Gasteiger partial charge in [-0.05, 0) is 0 Å². The molecule has 0 amide bonds. The summed E-state index contributed by atoms with van der Waals surface area (Å²) in [5.41, 5.74) is -0.120. The first-order chi connectivity index (χ1) is 11.5. The van der Waals surface area contributed by atoms with Gasteiger partial charge in [0.1, 0.15) is 0 Å². The second-order valence-corrected chi connectivity index (χ2v) is 8.36. The molecule has 4 nitrogen and oxygen atoms in total. The zero-order valence-electron chi connectivity index (χ0n) is 13.5. The summed E-state index contributed by atoms with van der Waals surface area (Å²) in [5.74, 6) is 0. The van der Waals surface area contributed by atoms with E-state index in [-0.39, 0.29) is 24.5 Å². The molecule has 120 valence electrons. The molecule has 7 heteroatoms. The minimum atomic E-state index is -3.29. The molecule has 3 aromatic carbocycles. The van der Waals surface area contributed by atoms with Gasteiger partial charge in [0.05, 0.1) is 4.92 Å². The van der Waals surface area contributed by atoms with Crippen molar-refractivity contribution in [2.45, 2.75) is 4.90 Å². The molecule has 0 radical (unpaired) electrons. The third kappa shape index (κ3) is 3.71. The second-order valence-electron chi connectivity index (χ2n) is 5.19. The molecule has 0 bridgehead atoms. The average Bonchev–Trinajstić information content (AvgIpc) is 2.62. The standard InChI is InChI=1S/C18H14NO3PS.Li/c20-19(21)14-11-12-18(24)17(13-14)23(22,15-7-3-1-4-8-15)16-9-5-2-6-10-16;/h1-13,24H;/q;+1/p-1. The van der Waals surface area contributed by atoms with Gasteiger partial charge in [0.15, 0.2) is 7.14 Å². The number of nitro groups is 1. The summed E-state index contributed by atoms with van der Waals surface area (Å²) in [6.45, 7) is 0. The number of benzene rings is 3. The summed E-state index contributed by atoms with van der Waals surface area (Å²) in [6, 6.07) is 22.1. The van der Waals surface area contributed by atoms with Gasteiger partial charge in [0, 0.05) is 28.0 Å². The minimum absolute atomic E-state index is 0. The predicted octanol–water partition coefficient (Wildman–Crippen LogP) is 0.144. The molecule has 3 rings (SSSR count). The third-order valence-electron chi connectivity index (χ3n) is 3.73. The van der Waals surface area contributed by atoms with Crippen LogP contribution in [0.25, 0.3) is 0 Å². The Morgan fingerprint density at radius 3 is 1.76 bits per heavy atom. The van der Waals surface area contributed by atoms with Crippen molar-refractivity contribution in [2.24, 2.45) is 0 Å². The van der Waals surface area contributed by atoms with Crippen molar-refractivity contribution in [1.29, 1.82) is 0 Å². The monoisotopic (exact) mass is 361 g/mol.